The van der Waals surface area contributed by atoms with Crippen molar-refractivity contribution >= 4 is 5.97 Å². The summed E-state index contributed by atoms with van der Waals surface area (Å²) in [4.78, 5) is 10.7. The standard InChI is InChI=1S/C8H13N3O2/c1-5(6(2)8(12)13)7-10-9-4-11(7)3/h4-6H,1-3H3,(H,12,13). The molecule has 1 heterocycles. The van der Waals surface area contributed by atoms with Crippen LogP contribution in [0.2, 0.25) is 0 Å². The number of rotatable bonds is 3. The summed E-state index contributed by atoms with van der Waals surface area (Å²) in [6, 6.07) is 0. The number of aliphatic carboxylic acids is 1. The zero-order valence-corrected chi connectivity index (χ0v) is 7.93. The zero-order chi connectivity index (χ0) is 10.0. The maximum absolute atomic E-state index is 10.7. The second kappa shape index (κ2) is 3.55. The highest BCUT2D eigenvalue weighted by atomic mass is 16.4. The summed E-state index contributed by atoms with van der Waals surface area (Å²) in [5.74, 6) is -0.668. The summed E-state index contributed by atoms with van der Waals surface area (Å²) in [5.41, 5.74) is 0. The van der Waals surface area contributed by atoms with Crippen molar-refractivity contribution in [1.29, 1.82) is 0 Å². The van der Waals surface area contributed by atoms with Crippen LogP contribution in [-0.4, -0.2) is 25.8 Å². The van der Waals surface area contributed by atoms with Crippen molar-refractivity contribution in [3.8, 4) is 0 Å². The van der Waals surface area contributed by atoms with E-state index in [1.54, 1.807) is 24.9 Å². The third-order valence-electron chi connectivity index (χ3n) is 2.29. The molecule has 5 heteroatoms. The summed E-state index contributed by atoms with van der Waals surface area (Å²) in [7, 11) is 1.81. The maximum Gasteiger partial charge on any atom is 0.306 e. The van der Waals surface area contributed by atoms with Crippen LogP contribution in [0.5, 0.6) is 0 Å². The predicted octanol–water partition coefficient (Wildman–Crippen LogP) is 0.639. The van der Waals surface area contributed by atoms with Gasteiger partial charge in [0.1, 0.15) is 12.2 Å². The Hall–Kier alpha value is -1.39. The topological polar surface area (TPSA) is 68.0 Å². The first kappa shape index (κ1) is 9.70. The molecule has 0 aliphatic rings. The first-order valence-electron chi connectivity index (χ1n) is 4.10. The molecule has 1 aromatic heterocycles. The van der Waals surface area contributed by atoms with Gasteiger partial charge < -0.3 is 9.67 Å². The number of nitrogens with zero attached hydrogens (tertiary/aromatic N) is 3. The van der Waals surface area contributed by atoms with Crippen LogP contribution >= 0.6 is 0 Å². The van der Waals surface area contributed by atoms with Crippen molar-refractivity contribution in [3.63, 3.8) is 0 Å². The van der Waals surface area contributed by atoms with Gasteiger partial charge in [-0.25, -0.2) is 0 Å². The van der Waals surface area contributed by atoms with Crippen molar-refractivity contribution in [2.24, 2.45) is 13.0 Å². The van der Waals surface area contributed by atoms with Gasteiger partial charge in [0.05, 0.1) is 5.92 Å². The molecule has 0 radical (unpaired) electrons. The van der Waals surface area contributed by atoms with Gasteiger partial charge in [0.2, 0.25) is 0 Å². The van der Waals surface area contributed by atoms with Gasteiger partial charge in [-0.05, 0) is 0 Å². The van der Waals surface area contributed by atoms with Crippen LogP contribution in [0.1, 0.15) is 25.6 Å². The quantitative estimate of drug-likeness (QED) is 0.746. The Kier molecular flexibility index (Phi) is 2.65. The summed E-state index contributed by atoms with van der Waals surface area (Å²) in [6.07, 6.45) is 1.57. The molecule has 2 atom stereocenters. The number of carboxylic acid groups (broad SMARTS) is 1. The lowest BCUT2D eigenvalue weighted by molar-refractivity contribution is -0.141. The normalized spacial score (nSPS) is 15.3. The Morgan fingerprint density at radius 3 is 2.62 bits per heavy atom. The molecule has 0 amide bonds. The summed E-state index contributed by atoms with van der Waals surface area (Å²) in [5, 5.41) is 16.4. The van der Waals surface area contributed by atoms with Gasteiger partial charge in [-0.2, -0.15) is 0 Å². The summed E-state index contributed by atoms with van der Waals surface area (Å²) in [6.45, 7) is 3.50. The van der Waals surface area contributed by atoms with E-state index in [0.29, 0.717) is 5.82 Å². The van der Waals surface area contributed by atoms with E-state index in [4.69, 9.17) is 5.11 Å². The van der Waals surface area contributed by atoms with Gasteiger partial charge in [-0.15, -0.1) is 10.2 Å². The maximum atomic E-state index is 10.7. The molecule has 0 aliphatic carbocycles. The minimum atomic E-state index is -0.810. The molecule has 0 spiro atoms. The Balaban J connectivity index is 2.85. The SMILES string of the molecule is CC(C(=O)O)C(C)c1nncn1C. The number of hydrogen-bond acceptors (Lipinski definition) is 3. The Bertz CT molecular complexity index is 308. The first-order chi connectivity index (χ1) is 6.04. The number of aromatic nitrogens is 3. The molecular weight excluding hydrogens is 170 g/mol. The molecule has 0 aromatic carbocycles. The smallest absolute Gasteiger partial charge is 0.306 e. The zero-order valence-electron chi connectivity index (χ0n) is 7.93. The van der Waals surface area contributed by atoms with E-state index < -0.39 is 11.9 Å². The minimum absolute atomic E-state index is 0.120. The van der Waals surface area contributed by atoms with E-state index in [-0.39, 0.29) is 5.92 Å². The molecule has 5 nitrogen and oxygen atoms in total. The fraction of sp³-hybridized carbons (Fsp3) is 0.625. The Labute approximate surface area is 76.4 Å². The van der Waals surface area contributed by atoms with Crippen LogP contribution in [0.4, 0.5) is 0 Å². The lowest BCUT2D eigenvalue weighted by Crippen LogP contribution is -2.19. The molecule has 2 unspecified atom stereocenters. The average molecular weight is 183 g/mol. The molecule has 0 aliphatic heterocycles. The molecule has 1 N–H and O–H groups in total. The summed E-state index contributed by atoms with van der Waals surface area (Å²) < 4.78 is 1.74. The molecular formula is C8H13N3O2. The number of aryl methyl sites for hydroxylation is 1. The van der Waals surface area contributed by atoms with E-state index >= 15 is 0 Å². The highest BCUT2D eigenvalue weighted by molar-refractivity contribution is 5.70. The van der Waals surface area contributed by atoms with E-state index in [0.717, 1.165) is 0 Å². The van der Waals surface area contributed by atoms with Crippen molar-refractivity contribution in [3.05, 3.63) is 12.2 Å². The van der Waals surface area contributed by atoms with Crippen molar-refractivity contribution in [2.75, 3.05) is 0 Å². The molecule has 1 rings (SSSR count). The van der Waals surface area contributed by atoms with E-state index in [1.807, 2.05) is 6.92 Å². The van der Waals surface area contributed by atoms with Crippen molar-refractivity contribution < 1.29 is 9.90 Å². The predicted molar refractivity (Wildman–Crippen MR) is 46.2 cm³/mol. The molecule has 0 saturated carbocycles. The molecule has 13 heavy (non-hydrogen) atoms. The van der Waals surface area contributed by atoms with Crippen LogP contribution in [-0.2, 0) is 11.8 Å². The highest BCUT2D eigenvalue weighted by Crippen LogP contribution is 2.21. The second-order valence-corrected chi connectivity index (χ2v) is 3.22. The van der Waals surface area contributed by atoms with E-state index in [1.165, 1.54) is 0 Å². The number of carbonyl (C=O) groups is 1. The molecule has 0 bridgehead atoms. The molecule has 1 aromatic rings. The van der Waals surface area contributed by atoms with Crippen molar-refractivity contribution in [1.82, 2.24) is 14.8 Å². The fourth-order valence-electron chi connectivity index (χ4n) is 1.14. The third-order valence-corrected chi connectivity index (χ3v) is 2.29. The monoisotopic (exact) mass is 183 g/mol. The van der Waals surface area contributed by atoms with Crippen LogP contribution < -0.4 is 0 Å². The van der Waals surface area contributed by atoms with Gasteiger partial charge >= 0.3 is 5.97 Å². The van der Waals surface area contributed by atoms with Crippen molar-refractivity contribution in [2.45, 2.75) is 19.8 Å². The number of hydrogen-bond donors (Lipinski definition) is 1. The average Bonchev–Trinajstić information content (AvgIpc) is 2.48. The van der Waals surface area contributed by atoms with Gasteiger partial charge in [-0.1, -0.05) is 13.8 Å². The van der Waals surface area contributed by atoms with Crippen LogP contribution in [0.15, 0.2) is 6.33 Å². The Morgan fingerprint density at radius 1 is 1.62 bits per heavy atom. The minimum Gasteiger partial charge on any atom is -0.481 e. The van der Waals surface area contributed by atoms with Gasteiger partial charge in [0.15, 0.2) is 0 Å². The van der Waals surface area contributed by atoms with Crippen LogP contribution in [0.3, 0.4) is 0 Å². The summed E-state index contributed by atoms with van der Waals surface area (Å²) >= 11 is 0. The Morgan fingerprint density at radius 2 is 2.23 bits per heavy atom. The molecule has 0 saturated heterocycles. The van der Waals surface area contributed by atoms with Gasteiger partial charge in [0.25, 0.3) is 0 Å². The highest BCUT2D eigenvalue weighted by Gasteiger charge is 2.24. The van der Waals surface area contributed by atoms with E-state index in [2.05, 4.69) is 10.2 Å². The molecule has 72 valence electrons. The van der Waals surface area contributed by atoms with Crippen LogP contribution in [0.25, 0.3) is 0 Å². The number of carboxylic acids is 1. The fourth-order valence-corrected chi connectivity index (χ4v) is 1.14. The lowest BCUT2D eigenvalue weighted by Gasteiger charge is -2.14. The van der Waals surface area contributed by atoms with Gasteiger partial charge in [-0.3, -0.25) is 4.79 Å². The second-order valence-electron chi connectivity index (χ2n) is 3.22. The van der Waals surface area contributed by atoms with Crippen LogP contribution in [0, 0.1) is 5.92 Å². The van der Waals surface area contributed by atoms with E-state index in [9.17, 15) is 4.79 Å². The first-order valence-corrected chi connectivity index (χ1v) is 4.10. The third kappa shape index (κ3) is 1.85. The largest absolute Gasteiger partial charge is 0.481 e. The van der Waals surface area contributed by atoms with Gasteiger partial charge in [0, 0.05) is 13.0 Å². The lowest BCUT2D eigenvalue weighted by atomic mass is 9.95. The molecule has 0 fully saturated rings.